The third-order valence-corrected chi connectivity index (χ3v) is 8.90. The van der Waals surface area contributed by atoms with Crippen LogP contribution < -0.4 is 15.8 Å². The number of hydrogen-bond donors (Lipinski definition) is 2. The van der Waals surface area contributed by atoms with Gasteiger partial charge in [-0.2, -0.15) is 5.26 Å². The molecule has 2 aliphatic rings. The molecule has 14 heteroatoms. The number of aromatic hydroxyl groups is 1. The van der Waals surface area contributed by atoms with Gasteiger partial charge in [0.05, 0.1) is 33.7 Å². The molecule has 5 rings (SSSR count). The number of dihydropyridines is 1. The van der Waals surface area contributed by atoms with Gasteiger partial charge in [0, 0.05) is 31.1 Å². The van der Waals surface area contributed by atoms with Crippen LogP contribution in [0.4, 0.5) is 18.9 Å². The van der Waals surface area contributed by atoms with Gasteiger partial charge in [0.1, 0.15) is 22.3 Å². The molecule has 1 unspecified atom stereocenters. The number of halogens is 5. The normalized spacial score (nSPS) is 18.3. The Bertz CT molecular complexity index is 1960. The number of piperazine rings is 1. The molecule has 0 aliphatic carbocycles. The fourth-order valence-corrected chi connectivity index (χ4v) is 6.47. The molecule has 2 atom stereocenters. The molecule has 1 aromatic carbocycles. The van der Waals surface area contributed by atoms with Crippen LogP contribution in [0, 0.1) is 34.7 Å². The maximum Gasteiger partial charge on any atom is 0.276 e. The molecule has 4 heterocycles. The highest BCUT2D eigenvalue weighted by Gasteiger charge is 2.34. The average molecular weight is 674 g/mol. The number of pyridine rings is 2. The zero-order chi connectivity index (χ0) is 33.8. The van der Waals surface area contributed by atoms with Crippen molar-refractivity contribution < 1.29 is 23.1 Å². The van der Waals surface area contributed by atoms with Crippen LogP contribution in [-0.4, -0.2) is 57.2 Å². The second-order valence-corrected chi connectivity index (χ2v) is 12.3. The Balaban J connectivity index is 1.91. The summed E-state index contributed by atoms with van der Waals surface area (Å²) < 4.78 is 45.9. The lowest BCUT2D eigenvalue weighted by atomic mass is 9.94. The number of nitriles is 1. The Labute approximate surface area is 272 Å². The van der Waals surface area contributed by atoms with Crippen LogP contribution in [-0.2, 0) is 4.79 Å². The summed E-state index contributed by atoms with van der Waals surface area (Å²) in [7, 11) is 0. The smallest absolute Gasteiger partial charge is 0.276 e. The predicted molar refractivity (Wildman–Crippen MR) is 171 cm³/mol. The fraction of sp³-hybridized carbons (Fsp3) is 0.312. The highest BCUT2D eigenvalue weighted by Crippen LogP contribution is 2.44. The minimum absolute atomic E-state index is 0.0777. The Hall–Kier alpha value is -4.47. The monoisotopic (exact) mass is 672 g/mol. The predicted octanol–water partition coefficient (Wildman–Crippen LogP) is 5.96. The van der Waals surface area contributed by atoms with Crippen molar-refractivity contribution in [3.8, 4) is 23.1 Å². The molecule has 0 spiro atoms. The van der Waals surface area contributed by atoms with E-state index in [-0.39, 0.29) is 64.8 Å². The van der Waals surface area contributed by atoms with E-state index in [1.807, 2.05) is 26.8 Å². The van der Waals surface area contributed by atoms with Gasteiger partial charge in [-0.1, -0.05) is 43.6 Å². The van der Waals surface area contributed by atoms with Gasteiger partial charge in [-0.15, -0.1) is 0 Å². The van der Waals surface area contributed by atoms with Crippen molar-refractivity contribution >= 4 is 51.5 Å². The Morgan fingerprint density at radius 2 is 1.93 bits per heavy atom. The van der Waals surface area contributed by atoms with Crippen LogP contribution in [0.3, 0.4) is 0 Å². The average Bonchev–Trinajstić information content (AvgIpc) is 3.02. The number of nitrogens with zero attached hydrogens (tertiary/aromatic N) is 5. The molecule has 2 N–H and O–H groups in total. The van der Waals surface area contributed by atoms with E-state index < -0.39 is 51.1 Å². The van der Waals surface area contributed by atoms with Crippen LogP contribution >= 0.6 is 23.2 Å². The molecule has 0 saturated carbocycles. The van der Waals surface area contributed by atoms with Gasteiger partial charge in [0.15, 0.2) is 23.2 Å². The van der Waals surface area contributed by atoms with Gasteiger partial charge in [-0.05, 0) is 49.8 Å². The summed E-state index contributed by atoms with van der Waals surface area (Å²) in [6, 6.07) is 2.55. The van der Waals surface area contributed by atoms with Crippen LogP contribution in [0.5, 0.6) is 5.75 Å². The fourth-order valence-electron chi connectivity index (χ4n) is 6.05. The second kappa shape index (κ2) is 12.4. The van der Waals surface area contributed by atoms with Gasteiger partial charge in [-0.25, -0.2) is 18.2 Å². The van der Waals surface area contributed by atoms with E-state index in [9.17, 15) is 28.7 Å². The number of anilines is 1. The first-order valence-corrected chi connectivity index (χ1v) is 15.1. The largest absolute Gasteiger partial charge is 0.504 e. The first-order valence-electron chi connectivity index (χ1n) is 14.3. The van der Waals surface area contributed by atoms with Gasteiger partial charge in [0.2, 0.25) is 5.91 Å². The molecule has 0 bridgehead atoms. The number of carbonyl (C=O) groups excluding carboxylic acids is 1. The number of allylic oxidation sites excluding steroid dienone is 2. The summed E-state index contributed by atoms with van der Waals surface area (Å²) in [5.74, 6) is -6.75. The van der Waals surface area contributed by atoms with E-state index in [2.05, 4.69) is 16.9 Å². The van der Waals surface area contributed by atoms with Crippen molar-refractivity contribution in [1.82, 2.24) is 19.8 Å². The molecule has 1 fully saturated rings. The highest BCUT2D eigenvalue weighted by molar-refractivity contribution is 6.34. The zero-order valence-corrected chi connectivity index (χ0v) is 26.8. The summed E-state index contributed by atoms with van der Waals surface area (Å²) >= 11 is 12.2. The number of rotatable bonds is 5. The maximum atomic E-state index is 15.3. The SMILES string of the molecule is C=CC(=O)N1CCN(c2c(C#N)c(=O)n(C3=C(C)C=CNC3C(C)C)c3nc(-c4c(O)c(F)c(Cl)c(F)c4F)c(Cl)cc23)C[C@H]1C. The van der Waals surface area contributed by atoms with Crippen LogP contribution in [0.1, 0.15) is 33.3 Å². The van der Waals surface area contributed by atoms with E-state index in [1.165, 1.54) is 16.7 Å². The molecule has 2 aromatic heterocycles. The third kappa shape index (κ3) is 5.17. The van der Waals surface area contributed by atoms with Crippen molar-refractivity contribution in [2.75, 3.05) is 24.5 Å². The lowest BCUT2D eigenvalue weighted by Gasteiger charge is -2.41. The van der Waals surface area contributed by atoms with Crippen molar-refractivity contribution in [1.29, 1.82) is 5.26 Å². The quantitative estimate of drug-likeness (QED) is 0.195. The summed E-state index contributed by atoms with van der Waals surface area (Å²) in [4.78, 5) is 34.7. The number of phenolic OH excluding ortho intramolecular Hbond substituents is 1. The number of benzene rings is 1. The summed E-state index contributed by atoms with van der Waals surface area (Å²) in [5, 5.41) is 22.8. The molecular formula is C32H29Cl2F3N6O3. The first-order chi connectivity index (χ1) is 21.7. The highest BCUT2D eigenvalue weighted by atomic mass is 35.5. The number of amides is 1. The number of nitrogens with one attached hydrogen (secondary N) is 1. The van der Waals surface area contributed by atoms with Crippen LogP contribution in [0.25, 0.3) is 28.0 Å². The first kappa shape index (κ1) is 32.9. The molecule has 0 radical (unpaired) electrons. The van der Waals surface area contributed by atoms with Crippen molar-refractivity contribution in [2.45, 2.75) is 39.8 Å². The number of aromatic nitrogens is 2. The van der Waals surface area contributed by atoms with Crippen LogP contribution in [0.2, 0.25) is 10.0 Å². The van der Waals surface area contributed by atoms with Gasteiger partial charge in [0.25, 0.3) is 5.56 Å². The van der Waals surface area contributed by atoms with Crippen LogP contribution in [0.15, 0.2) is 41.4 Å². The molecule has 3 aromatic rings. The standard InChI is InChI=1S/C32H29Cl2F3N6O3/c1-6-20(44)42-10-9-41(13-16(42)5)29-17-11-19(33)27(21-23(35)24(36)22(34)25(37)30(21)45)40-31(17)43(32(46)18(29)12-38)28-15(4)7-8-39-26(28)14(2)3/h6-8,11,14,16,26,39,45H,1,9-10,13H2,2-5H3/t16-,26?/m1/s1. The molecule has 9 nitrogen and oxygen atoms in total. The molecule has 46 heavy (non-hydrogen) atoms. The van der Waals surface area contributed by atoms with E-state index in [1.54, 1.807) is 29.0 Å². The topological polar surface area (TPSA) is 114 Å². The summed E-state index contributed by atoms with van der Waals surface area (Å²) in [6.07, 6.45) is 4.67. The van der Waals surface area contributed by atoms with E-state index in [0.29, 0.717) is 11.3 Å². The number of hydrogen-bond acceptors (Lipinski definition) is 7. The van der Waals surface area contributed by atoms with E-state index >= 15 is 4.39 Å². The number of fused-ring (bicyclic) bond motifs is 1. The van der Waals surface area contributed by atoms with E-state index in [0.717, 1.165) is 0 Å². The van der Waals surface area contributed by atoms with E-state index in [4.69, 9.17) is 23.2 Å². The minimum atomic E-state index is -1.76. The van der Waals surface area contributed by atoms with Gasteiger partial charge < -0.3 is 20.2 Å². The van der Waals surface area contributed by atoms with Crippen molar-refractivity contribution in [3.63, 3.8) is 0 Å². The molecular weight excluding hydrogens is 644 g/mol. The summed E-state index contributed by atoms with van der Waals surface area (Å²) in [6.45, 7) is 11.7. The Kier molecular flexibility index (Phi) is 8.86. The molecule has 2 aliphatic heterocycles. The van der Waals surface area contributed by atoms with Crippen molar-refractivity contribution in [2.24, 2.45) is 5.92 Å². The summed E-state index contributed by atoms with van der Waals surface area (Å²) in [5.41, 5.74) is -1.38. The molecule has 1 saturated heterocycles. The Morgan fingerprint density at radius 3 is 2.54 bits per heavy atom. The zero-order valence-electron chi connectivity index (χ0n) is 25.3. The molecule has 1 amide bonds. The van der Waals surface area contributed by atoms with Gasteiger partial charge >= 0.3 is 0 Å². The minimum Gasteiger partial charge on any atom is -0.504 e. The third-order valence-electron chi connectivity index (χ3n) is 8.28. The number of carbonyl (C=O) groups is 1. The maximum absolute atomic E-state index is 15.3. The second-order valence-electron chi connectivity index (χ2n) is 11.5. The lowest BCUT2D eigenvalue weighted by Crippen LogP contribution is -2.54. The lowest BCUT2D eigenvalue weighted by molar-refractivity contribution is -0.128. The van der Waals surface area contributed by atoms with Gasteiger partial charge in [-0.3, -0.25) is 14.2 Å². The Morgan fingerprint density at radius 1 is 1.24 bits per heavy atom. The van der Waals surface area contributed by atoms with Crippen molar-refractivity contribution in [3.05, 3.63) is 80.0 Å². The molecule has 240 valence electrons. The number of phenols is 1.